The molecule has 0 amide bonds. The Bertz CT molecular complexity index is 722. The summed E-state index contributed by atoms with van der Waals surface area (Å²) in [6, 6.07) is 0. The summed E-state index contributed by atoms with van der Waals surface area (Å²) in [7, 11) is 0. The lowest BCUT2D eigenvalue weighted by atomic mass is 9.89. The molecule has 0 heterocycles. The van der Waals surface area contributed by atoms with Crippen molar-refractivity contribution in [3.63, 3.8) is 0 Å². The van der Waals surface area contributed by atoms with Gasteiger partial charge in [0, 0.05) is 5.57 Å². The van der Waals surface area contributed by atoms with Crippen LogP contribution in [0.1, 0.15) is 6.92 Å². The molecule has 0 bridgehead atoms. The largest absolute Gasteiger partial charge is 0.473 e. The molecule has 2 atom stereocenters. The van der Waals surface area contributed by atoms with Crippen LogP contribution in [0.4, 0.5) is 65.9 Å². The molecule has 0 radical (unpaired) electrons. The van der Waals surface area contributed by atoms with Gasteiger partial charge in [-0.1, -0.05) is 6.58 Å². The van der Waals surface area contributed by atoms with Crippen LogP contribution in [0, 0.1) is 0 Å². The lowest BCUT2D eigenvalue weighted by Gasteiger charge is -2.43. The van der Waals surface area contributed by atoms with Crippen LogP contribution in [0.2, 0.25) is 0 Å². The van der Waals surface area contributed by atoms with E-state index >= 15 is 0 Å². The highest BCUT2D eigenvalue weighted by Gasteiger charge is 2.94. The Labute approximate surface area is 159 Å². The van der Waals surface area contributed by atoms with E-state index in [4.69, 9.17) is 10.2 Å². The highest BCUT2D eigenvalue weighted by Crippen LogP contribution is 2.62. The fraction of sp³-hybridized carbons (Fsp3) is 0.750. The molecule has 2 unspecified atom stereocenters. The van der Waals surface area contributed by atoms with Crippen molar-refractivity contribution < 1.29 is 85.6 Å². The molecule has 19 heteroatoms. The minimum atomic E-state index is -8.52. The molecule has 0 aromatic heterocycles. The maximum Gasteiger partial charge on any atom is 0.473 e. The van der Waals surface area contributed by atoms with Crippen LogP contribution < -0.4 is 0 Å². The second-order valence-corrected chi connectivity index (χ2v) is 5.73. The zero-order valence-corrected chi connectivity index (χ0v) is 14.1. The molecule has 0 aliphatic carbocycles. The van der Waals surface area contributed by atoms with Crippen LogP contribution in [0.15, 0.2) is 12.2 Å². The van der Waals surface area contributed by atoms with Crippen molar-refractivity contribution in [2.45, 2.75) is 54.6 Å². The summed E-state index contributed by atoms with van der Waals surface area (Å²) in [6.45, 7) is 2.90. The molecule has 0 fully saturated rings. The van der Waals surface area contributed by atoms with Gasteiger partial charge in [-0.3, -0.25) is 0 Å². The van der Waals surface area contributed by atoms with Gasteiger partial charge in [0.05, 0.1) is 0 Å². The lowest BCUT2D eigenvalue weighted by molar-refractivity contribution is -0.494. The maximum atomic E-state index is 13.4. The SMILES string of the molecule is C=C(C)C(=O)OC(F)(F)C(F)(F)C(F)(F)C(F)(F)C(F)(F)C(O)(F)C(O)(F)C(F)(F)F. The fourth-order valence-corrected chi connectivity index (χ4v) is 1.45. The van der Waals surface area contributed by atoms with Crippen LogP contribution in [-0.4, -0.2) is 63.9 Å². The number of carbonyl (C=O) groups is 1. The van der Waals surface area contributed by atoms with Gasteiger partial charge in [0.15, 0.2) is 0 Å². The smallest absolute Gasteiger partial charge is 0.393 e. The topological polar surface area (TPSA) is 66.8 Å². The minimum Gasteiger partial charge on any atom is -0.393 e. The van der Waals surface area contributed by atoms with Gasteiger partial charge in [0.25, 0.3) is 0 Å². The number of hydrogen-bond acceptors (Lipinski definition) is 4. The molecular weight excluding hydrogens is 493 g/mol. The van der Waals surface area contributed by atoms with Gasteiger partial charge in [-0.25, -0.2) is 4.79 Å². The van der Waals surface area contributed by atoms with Crippen LogP contribution >= 0.6 is 0 Å². The third kappa shape index (κ3) is 3.89. The predicted octanol–water partition coefficient (Wildman–Crippen LogP) is 4.12. The van der Waals surface area contributed by atoms with Gasteiger partial charge in [-0.2, -0.15) is 65.9 Å². The third-order valence-corrected chi connectivity index (χ3v) is 3.35. The van der Waals surface area contributed by atoms with Gasteiger partial charge in [0.1, 0.15) is 0 Å². The van der Waals surface area contributed by atoms with Crippen molar-refractivity contribution in [1.82, 2.24) is 0 Å². The van der Waals surface area contributed by atoms with Gasteiger partial charge in [-0.15, -0.1) is 0 Å². The number of alkyl halides is 15. The summed E-state index contributed by atoms with van der Waals surface area (Å²) < 4.78 is 198. The van der Waals surface area contributed by atoms with E-state index in [1.165, 1.54) is 0 Å². The van der Waals surface area contributed by atoms with Crippen LogP contribution in [0.5, 0.6) is 0 Å². The Balaban J connectivity index is 6.69. The summed E-state index contributed by atoms with van der Waals surface area (Å²) in [5.74, 6) is -51.3. The van der Waals surface area contributed by atoms with Crippen molar-refractivity contribution in [3.05, 3.63) is 12.2 Å². The van der Waals surface area contributed by atoms with E-state index in [1.54, 1.807) is 0 Å². The molecule has 0 aromatic rings. The molecule has 184 valence electrons. The number of carbonyl (C=O) groups excluding carboxylic acids is 1. The number of hydrogen-bond donors (Lipinski definition) is 2. The summed E-state index contributed by atoms with van der Waals surface area (Å²) >= 11 is 0. The van der Waals surface area contributed by atoms with Gasteiger partial charge >= 0.3 is 53.7 Å². The van der Waals surface area contributed by atoms with E-state index in [2.05, 4.69) is 11.3 Å². The predicted molar refractivity (Wildman–Crippen MR) is 63.8 cm³/mol. The summed E-state index contributed by atoms with van der Waals surface area (Å²) in [5, 5.41) is 16.2. The molecular formula is C12H7F15O4. The van der Waals surface area contributed by atoms with Gasteiger partial charge < -0.3 is 14.9 Å². The first kappa shape index (κ1) is 29.1. The first-order chi connectivity index (χ1) is 13.1. The Morgan fingerprint density at radius 3 is 1.26 bits per heavy atom. The van der Waals surface area contributed by atoms with Crippen molar-refractivity contribution in [2.75, 3.05) is 0 Å². The van der Waals surface area contributed by atoms with Gasteiger partial charge in [0.2, 0.25) is 0 Å². The second-order valence-electron chi connectivity index (χ2n) is 5.73. The van der Waals surface area contributed by atoms with Crippen LogP contribution in [0.25, 0.3) is 0 Å². The average molecular weight is 500 g/mol. The number of rotatable bonds is 8. The molecule has 4 nitrogen and oxygen atoms in total. The fourth-order valence-electron chi connectivity index (χ4n) is 1.45. The van der Waals surface area contributed by atoms with Crippen molar-refractivity contribution in [3.8, 4) is 0 Å². The third-order valence-electron chi connectivity index (χ3n) is 3.35. The summed E-state index contributed by atoms with van der Waals surface area (Å²) in [4.78, 5) is 10.8. The first-order valence-electron chi connectivity index (χ1n) is 6.75. The number of esters is 1. The Morgan fingerprint density at radius 1 is 0.645 bits per heavy atom. The number of aliphatic hydroxyl groups is 2. The molecule has 0 aromatic carbocycles. The molecule has 0 saturated heterocycles. The monoisotopic (exact) mass is 500 g/mol. The molecule has 0 aliphatic rings. The summed E-state index contributed by atoms with van der Waals surface area (Å²) in [6.07, 6.45) is -14.6. The minimum absolute atomic E-state index is 0.417. The quantitative estimate of drug-likeness (QED) is 0.299. The zero-order valence-electron chi connectivity index (χ0n) is 14.1. The Morgan fingerprint density at radius 2 is 0.968 bits per heavy atom. The average Bonchev–Trinajstić information content (AvgIpc) is 2.51. The van der Waals surface area contributed by atoms with Crippen LogP contribution in [-0.2, 0) is 9.53 Å². The van der Waals surface area contributed by atoms with E-state index in [1.807, 2.05) is 0 Å². The van der Waals surface area contributed by atoms with Gasteiger partial charge in [-0.05, 0) is 6.92 Å². The molecule has 0 saturated carbocycles. The Hall–Kier alpha value is -1.92. The normalized spacial score (nSPS) is 18.8. The van der Waals surface area contributed by atoms with E-state index in [0.717, 1.165) is 0 Å². The van der Waals surface area contributed by atoms with Crippen molar-refractivity contribution >= 4 is 5.97 Å². The lowest BCUT2D eigenvalue weighted by Crippen LogP contribution is -2.76. The van der Waals surface area contributed by atoms with Crippen LogP contribution in [0.3, 0.4) is 0 Å². The van der Waals surface area contributed by atoms with Crippen molar-refractivity contribution in [1.29, 1.82) is 0 Å². The molecule has 31 heavy (non-hydrogen) atoms. The number of halogens is 15. The van der Waals surface area contributed by atoms with Crippen molar-refractivity contribution in [2.24, 2.45) is 0 Å². The van der Waals surface area contributed by atoms with E-state index in [0.29, 0.717) is 6.92 Å². The molecule has 0 aliphatic heterocycles. The number of ether oxygens (including phenoxy) is 1. The second kappa shape index (κ2) is 7.31. The first-order valence-corrected chi connectivity index (χ1v) is 6.75. The highest BCUT2D eigenvalue weighted by atomic mass is 19.4. The Kier molecular flexibility index (Phi) is 6.86. The molecule has 2 N–H and O–H groups in total. The standard InChI is InChI=1S/C12H7F15O4/c1-3(2)4(28)31-12(26,27)8(19,20)6(15,16)5(13,14)7(17,18)9(21,29)10(22,30)11(23,24)25/h29-30H,1H2,2H3. The summed E-state index contributed by atoms with van der Waals surface area (Å²) in [5.41, 5.74) is -1.26. The maximum absolute atomic E-state index is 13.4. The highest BCUT2D eigenvalue weighted by molar-refractivity contribution is 5.87. The van der Waals surface area contributed by atoms with E-state index < -0.39 is 59.2 Å². The van der Waals surface area contributed by atoms with E-state index in [-0.39, 0.29) is 0 Å². The molecule has 0 spiro atoms. The zero-order chi connectivity index (χ0) is 25.9. The van der Waals surface area contributed by atoms with E-state index in [9.17, 15) is 70.7 Å². The molecule has 0 rings (SSSR count).